The van der Waals surface area contributed by atoms with Gasteiger partial charge in [0, 0.05) is 32.4 Å². The number of anilines is 1. The maximum atomic E-state index is 13.3. The van der Waals surface area contributed by atoms with E-state index in [-0.39, 0.29) is 22.0 Å². The van der Waals surface area contributed by atoms with E-state index in [1.54, 1.807) is 24.3 Å². The van der Waals surface area contributed by atoms with Crippen LogP contribution in [-0.4, -0.2) is 52.2 Å². The fourth-order valence-corrected chi connectivity index (χ4v) is 3.58. The maximum Gasteiger partial charge on any atom is 0.260 e. The second-order valence-electron chi connectivity index (χ2n) is 6.19. The Morgan fingerprint density at radius 3 is 2.45 bits per heavy atom. The SMILES string of the molecule is C#Cc1cccc(N(CC(=O)NC)C(=O)c2cc(S(=O)(=O)N(C)C)ccc2Cl)c1. The lowest BCUT2D eigenvalue weighted by molar-refractivity contribution is -0.119. The molecule has 0 aliphatic carbocycles. The number of amides is 2. The number of nitrogens with one attached hydrogen (secondary N) is 1. The van der Waals surface area contributed by atoms with Crippen molar-refractivity contribution in [1.82, 2.24) is 9.62 Å². The summed E-state index contributed by atoms with van der Waals surface area (Å²) in [4.78, 5) is 26.4. The fourth-order valence-electron chi connectivity index (χ4n) is 2.45. The molecule has 0 radical (unpaired) electrons. The van der Waals surface area contributed by atoms with Crippen LogP contribution >= 0.6 is 11.6 Å². The van der Waals surface area contributed by atoms with Crippen LogP contribution in [0.25, 0.3) is 0 Å². The zero-order valence-corrected chi connectivity index (χ0v) is 17.7. The van der Waals surface area contributed by atoms with Gasteiger partial charge in [-0.3, -0.25) is 14.5 Å². The maximum absolute atomic E-state index is 13.3. The number of terminal acetylenes is 1. The van der Waals surface area contributed by atoms with Gasteiger partial charge in [0.25, 0.3) is 5.91 Å². The summed E-state index contributed by atoms with van der Waals surface area (Å²) in [6.45, 7) is -0.301. The second kappa shape index (κ2) is 9.09. The molecule has 0 saturated heterocycles. The standard InChI is InChI=1S/C20H20ClN3O4S/c1-5-14-7-6-8-15(11-14)24(13-19(25)22-2)20(26)17-12-16(9-10-18(17)21)29(27,28)23(3)4/h1,6-12H,13H2,2-4H3,(H,22,25). The fraction of sp³-hybridized carbons (Fsp3) is 0.200. The van der Waals surface area contributed by atoms with Crippen LogP contribution in [-0.2, 0) is 14.8 Å². The Morgan fingerprint density at radius 1 is 1.17 bits per heavy atom. The number of nitrogens with zero attached hydrogens (tertiary/aromatic N) is 2. The van der Waals surface area contributed by atoms with Crippen LogP contribution in [0.1, 0.15) is 15.9 Å². The first-order valence-corrected chi connectivity index (χ1v) is 10.2. The summed E-state index contributed by atoms with van der Waals surface area (Å²) in [5.74, 6) is 1.42. The van der Waals surface area contributed by atoms with Crippen molar-refractivity contribution in [1.29, 1.82) is 0 Å². The van der Waals surface area contributed by atoms with Crippen molar-refractivity contribution in [2.75, 3.05) is 32.6 Å². The quantitative estimate of drug-likeness (QED) is 0.705. The van der Waals surface area contributed by atoms with Crippen LogP contribution in [0.4, 0.5) is 5.69 Å². The first-order valence-electron chi connectivity index (χ1n) is 8.43. The summed E-state index contributed by atoms with van der Waals surface area (Å²) in [6.07, 6.45) is 5.43. The highest BCUT2D eigenvalue weighted by molar-refractivity contribution is 7.89. The number of likely N-dealkylation sites (N-methyl/N-ethyl adjacent to an activating group) is 1. The normalized spacial score (nSPS) is 11.0. The van der Waals surface area contributed by atoms with Gasteiger partial charge in [0.1, 0.15) is 6.54 Å². The van der Waals surface area contributed by atoms with Gasteiger partial charge in [0.15, 0.2) is 0 Å². The first-order chi connectivity index (χ1) is 13.6. The average Bonchev–Trinajstić information content (AvgIpc) is 2.71. The molecule has 0 unspecified atom stereocenters. The summed E-state index contributed by atoms with van der Waals surface area (Å²) in [5, 5.41) is 2.51. The van der Waals surface area contributed by atoms with Gasteiger partial charge < -0.3 is 5.32 Å². The van der Waals surface area contributed by atoms with Crippen molar-refractivity contribution in [2.45, 2.75) is 4.90 Å². The van der Waals surface area contributed by atoms with E-state index in [4.69, 9.17) is 18.0 Å². The molecule has 7 nitrogen and oxygen atoms in total. The lowest BCUT2D eigenvalue weighted by atomic mass is 10.1. The van der Waals surface area contributed by atoms with Crippen LogP contribution < -0.4 is 10.2 Å². The molecule has 0 saturated carbocycles. The summed E-state index contributed by atoms with van der Waals surface area (Å²) >= 11 is 6.19. The number of sulfonamides is 1. The Balaban J connectivity index is 2.59. The van der Waals surface area contributed by atoms with E-state index in [9.17, 15) is 18.0 Å². The third-order valence-electron chi connectivity index (χ3n) is 4.10. The van der Waals surface area contributed by atoms with Crippen LogP contribution in [0.2, 0.25) is 5.02 Å². The monoisotopic (exact) mass is 433 g/mol. The predicted molar refractivity (Wildman–Crippen MR) is 112 cm³/mol. The largest absolute Gasteiger partial charge is 0.358 e. The van der Waals surface area contributed by atoms with Gasteiger partial charge in [-0.1, -0.05) is 23.6 Å². The van der Waals surface area contributed by atoms with Crippen molar-refractivity contribution in [2.24, 2.45) is 0 Å². The molecule has 2 aromatic rings. The van der Waals surface area contributed by atoms with E-state index < -0.39 is 21.8 Å². The van der Waals surface area contributed by atoms with Crippen LogP contribution in [0.15, 0.2) is 47.4 Å². The average molecular weight is 434 g/mol. The van der Waals surface area contributed by atoms with Crippen LogP contribution in [0.5, 0.6) is 0 Å². The number of carbonyl (C=O) groups is 2. The van der Waals surface area contributed by atoms with E-state index in [0.29, 0.717) is 11.3 Å². The van der Waals surface area contributed by atoms with Gasteiger partial charge in [0.2, 0.25) is 15.9 Å². The highest BCUT2D eigenvalue weighted by atomic mass is 35.5. The Morgan fingerprint density at radius 2 is 1.86 bits per heavy atom. The zero-order chi connectivity index (χ0) is 21.8. The molecular formula is C20H20ClN3O4S. The molecule has 0 bridgehead atoms. The first kappa shape index (κ1) is 22.4. The molecule has 0 spiro atoms. The minimum absolute atomic E-state index is 0.0513. The van der Waals surface area contributed by atoms with E-state index >= 15 is 0 Å². The Kier molecular flexibility index (Phi) is 7.03. The third kappa shape index (κ3) is 4.95. The Hall–Kier alpha value is -2.86. The van der Waals surface area contributed by atoms with Crippen molar-refractivity contribution >= 4 is 39.1 Å². The highest BCUT2D eigenvalue weighted by Crippen LogP contribution is 2.26. The molecule has 2 aromatic carbocycles. The predicted octanol–water partition coefficient (Wildman–Crippen LogP) is 1.96. The van der Waals surface area contributed by atoms with Gasteiger partial charge in [-0.25, -0.2) is 12.7 Å². The third-order valence-corrected chi connectivity index (χ3v) is 6.24. The van der Waals surface area contributed by atoms with Crippen molar-refractivity contribution in [3.63, 3.8) is 0 Å². The van der Waals surface area contributed by atoms with E-state index in [1.165, 1.54) is 44.2 Å². The van der Waals surface area contributed by atoms with Crippen molar-refractivity contribution < 1.29 is 18.0 Å². The Bertz CT molecular complexity index is 1090. The molecule has 2 rings (SSSR count). The lowest BCUT2D eigenvalue weighted by Crippen LogP contribution is -2.40. The topological polar surface area (TPSA) is 86.8 Å². The molecule has 0 fully saturated rings. The molecule has 152 valence electrons. The minimum Gasteiger partial charge on any atom is -0.358 e. The van der Waals surface area contributed by atoms with Crippen molar-refractivity contribution in [3.05, 3.63) is 58.6 Å². The van der Waals surface area contributed by atoms with E-state index in [1.807, 2.05) is 0 Å². The lowest BCUT2D eigenvalue weighted by Gasteiger charge is -2.23. The molecule has 1 N–H and O–H groups in total. The van der Waals surface area contributed by atoms with Gasteiger partial charge in [-0.05, 0) is 36.4 Å². The number of benzene rings is 2. The van der Waals surface area contributed by atoms with Gasteiger partial charge in [0.05, 0.1) is 15.5 Å². The van der Waals surface area contributed by atoms with Gasteiger partial charge in [-0.2, -0.15) is 0 Å². The molecule has 2 amide bonds. The van der Waals surface area contributed by atoms with Gasteiger partial charge >= 0.3 is 0 Å². The number of carbonyl (C=O) groups excluding carboxylic acids is 2. The zero-order valence-electron chi connectivity index (χ0n) is 16.1. The van der Waals surface area contributed by atoms with E-state index in [2.05, 4.69) is 11.2 Å². The summed E-state index contributed by atoms with van der Waals surface area (Å²) < 4.78 is 25.9. The van der Waals surface area contributed by atoms with Gasteiger partial charge in [-0.15, -0.1) is 6.42 Å². The second-order valence-corrected chi connectivity index (χ2v) is 8.75. The molecule has 0 heterocycles. The Labute approximate surface area is 175 Å². The molecule has 0 aliphatic heterocycles. The van der Waals surface area contributed by atoms with E-state index in [0.717, 1.165) is 4.31 Å². The molecule has 29 heavy (non-hydrogen) atoms. The minimum atomic E-state index is -3.78. The van der Waals surface area contributed by atoms with Crippen LogP contribution in [0.3, 0.4) is 0 Å². The number of halogens is 1. The molecular weight excluding hydrogens is 414 g/mol. The summed E-state index contributed by atoms with van der Waals surface area (Å²) in [7, 11) is 0.431. The summed E-state index contributed by atoms with van der Waals surface area (Å²) in [5.41, 5.74) is 0.850. The van der Waals surface area contributed by atoms with Crippen LogP contribution in [0, 0.1) is 12.3 Å². The number of rotatable bonds is 6. The highest BCUT2D eigenvalue weighted by Gasteiger charge is 2.26. The van der Waals surface area contributed by atoms with Crippen molar-refractivity contribution in [3.8, 4) is 12.3 Å². The number of hydrogen-bond donors (Lipinski definition) is 1. The molecule has 0 aromatic heterocycles. The molecule has 9 heteroatoms. The molecule has 0 atom stereocenters. The molecule has 0 aliphatic rings. The smallest absolute Gasteiger partial charge is 0.260 e. The summed E-state index contributed by atoms with van der Waals surface area (Å²) in [6, 6.07) is 10.4. The number of hydrogen-bond acceptors (Lipinski definition) is 4.